The van der Waals surface area contributed by atoms with Crippen LogP contribution in [0.1, 0.15) is 35.6 Å². The molecule has 12 heteroatoms. The van der Waals surface area contributed by atoms with Gasteiger partial charge in [-0.1, -0.05) is 0 Å². The van der Waals surface area contributed by atoms with Crippen molar-refractivity contribution in [3.05, 3.63) is 46.9 Å². The van der Waals surface area contributed by atoms with Gasteiger partial charge >= 0.3 is 0 Å². The van der Waals surface area contributed by atoms with E-state index in [9.17, 15) is 27.8 Å². The zero-order chi connectivity index (χ0) is 23.4. The topological polar surface area (TPSA) is 118 Å². The van der Waals surface area contributed by atoms with Crippen LogP contribution in [0.3, 0.4) is 0 Å². The summed E-state index contributed by atoms with van der Waals surface area (Å²) in [5.74, 6) is -1.69. The number of rotatable bonds is 4. The van der Waals surface area contributed by atoms with Gasteiger partial charge in [0.05, 0.1) is 17.0 Å². The van der Waals surface area contributed by atoms with Crippen LogP contribution < -0.4 is 15.8 Å². The van der Waals surface area contributed by atoms with Crippen LogP contribution in [0.25, 0.3) is 11.0 Å². The Kier molecular flexibility index (Phi) is 5.38. The molecule has 0 unspecified atom stereocenters. The molecule has 2 aromatic heterocycles. The first kappa shape index (κ1) is 21.9. The molecule has 0 saturated heterocycles. The van der Waals surface area contributed by atoms with Gasteiger partial charge in [-0.05, 0) is 24.6 Å². The lowest BCUT2D eigenvalue weighted by molar-refractivity contribution is -0.0168. The molecule has 5 rings (SSSR count). The minimum absolute atomic E-state index is 0.0104. The van der Waals surface area contributed by atoms with Crippen molar-refractivity contribution in [3.63, 3.8) is 0 Å². The molecule has 1 fully saturated rings. The Morgan fingerprint density at radius 3 is 2.73 bits per heavy atom. The second-order valence-electron chi connectivity index (χ2n) is 8.24. The zero-order valence-electron chi connectivity index (χ0n) is 17.2. The Hall–Kier alpha value is -2.96. The maximum absolute atomic E-state index is 14.6. The molecule has 0 bridgehead atoms. The van der Waals surface area contributed by atoms with Crippen LogP contribution in [0.15, 0.2) is 18.6 Å². The summed E-state index contributed by atoms with van der Waals surface area (Å²) in [4.78, 5) is 7.80. The van der Waals surface area contributed by atoms with Crippen molar-refractivity contribution in [3.8, 4) is 5.75 Å². The van der Waals surface area contributed by atoms with E-state index in [1.807, 2.05) is 0 Å². The van der Waals surface area contributed by atoms with Crippen LogP contribution in [0.2, 0.25) is 0 Å². The van der Waals surface area contributed by atoms with Crippen LogP contribution in [0.5, 0.6) is 5.75 Å². The SMILES string of the molecule is Nc1ncnc2c1c(F)cn2[C@@H]1C[C@H](Oc2cc(C(F)F)c(F)c3c2CNCC3)[C@@H](O)[C@H]1O. The number of aliphatic hydroxyl groups is 2. The number of ether oxygens (including phenoxy) is 1. The molecule has 1 aliphatic heterocycles. The van der Waals surface area contributed by atoms with Crippen LogP contribution in [0.4, 0.5) is 23.4 Å². The van der Waals surface area contributed by atoms with E-state index >= 15 is 0 Å². The van der Waals surface area contributed by atoms with Crippen molar-refractivity contribution < 1.29 is 32.5 Å². The monoisotopic (exact) mass is 467 g/mol. The summed E-state index contributed by atoms with van der Waals surface area (Å²) in [6.07, 6.45) is -4.36. The number of fused-ring (bicyclic) bond motifs is 2. The lowest BCUT2D eigenvalue weighted by Crippen LogP contribution is -2.35. The first-order valence-electron chi connectivity index (χ1n) is 10.4. The highest BCUT2D eigenvalue weighted by atomic mass is 19.3. The lowest BCUT2D eigenvalue weighted by Gasteiger charge is -2.26. The number of nitrogens with zero attached hydrogens (tertiary/aromatic N) is 3. The van der Waals surface area contributed by atoms with Crippen molar-refractivity contribution in [2.75, 3.05) is 12.3 Å². The lowest BCUT2D eigenvalue weighted by atomic mass is 9.96. The van der Waals surface area contributed by atoms with E-state index in [0.29, 0.717) is 12.1 Å². The molecule has 8 nitrogen and oxygen atoms in total. The van der Waals surface area contributed by atoms with Crippen molar-refractivity contribution in [2.24, 2.45) is 0 Å². The largest absolute Gasteiger partial charge is 0.487 e. The molecule has 4 atom stereocenters. The highest BCUT2D eigenvalue weighted by molar-refractivity contribution is 5.86. The number of nitrogens with one attached hydrogen (secondary N) is 1. The summed E-state index contributed by atoms with van der Waals surface area (Å²) in [5.41, 5.74) is 5.64. The van der Waals surface area contributed by atoms with E-state index in [0.717, 1.165) is 18.6 Å². The van der Waals surface area contributed by atoms with Crippen molar-refractivity contribution in [1.29, 1.82) is 0 Å². The number of aromatic nitrogens is 3. The van der Waals surface area contributed by atoms with Gasteiger partial charge in [-0.3, -0.25) is 0 Å². The molecule has 0 spiro atoms. The summed E-state index contributed by atoms with van der Waals surface area (Å²) in [6.45, 7) is 0.643. The predicted octanol–water partition coefficient (Wildman–Crippen LogP) is 1.99. The third-order valence-electron chi connectivity index (χ3n) is 6.38. The molecule has 1 aliphatic carbocycles. The number of nitrogens with two attached hydrogens (primary N) is 1. The molecule has 3 heterocycles. The number of halogens is 4. The fourth-order valence-electron chi connectivity index (χ4n) is 4.73. The highest BCUT2D eigenvalue weighted by Crippen LogP contribution is 2.40. The summed E-state index contributed by atoms with van der Waals surface area (Å²) >= 11 is 0. The molecule has 176 valence electrons. The van der Waals surface area contributed by atoms with Gasteiger partial charge in [-0.2, -0.15) is 0 Å². The first-order chi connectivity index (χ1) is 15.8. The van der Waals surface area contributed by atoms with Gasteiger partial charge in [-0.15, -0.1) is 0 Å². The summed E-state index contributed by atoms with van der Waals surface area (Å²) in [7, 11) is 0. The number of anilines is 1. The fraction of sp³-hybridized carbons (Fsp3) is 0.429. The van der Waals surface area contributed by atoms with Gasteiger partial charge in [0.15, 0.2) is 5.82 Å². The van der Waals surface area contributed by atoms with E-state index in [1.54, 1.807) is 0 Å². The quantitative estimate of drug-likeness (QED) is 0.434. The number of nitrogen functional groups attached to an aromatic ring is 1. The Bertz CT molecular complexity index is 1220. The Morgan fingerprint density at radius 1 is 1.18 bits per heavy atom. The Balaban J connectivity index is 1.49. The van der Waals surface area contributed by atoms with Crippen molar-refractivity contribution in [2.45, 2.75) is 50.2 Å². The van der Waals surface area contributed by atoms with Crippen LogP contribution in [-0.4, -0.2) is 49.6 Å². The summed E-state index contributed by atoms with van der Waals surface area (Å²) in [5, 5.41) is 24.4. The molecule has 0 radical (unpaired) electrons. The average molecular weight is 467 g/mol. The number of benzene rings is 1. The van der Waals surface area contributed by atoms with E-state index in [4.69, 9.17) is 10.5 Å². The molecule has 3 aromatic rings. The molecular weight excluding hydrogens is 446 g/mol. The number of hydrogen-bond acceptors (Lipinski definition) is 7. The molecule has 1 saturated carbocycles. The van der Waals surface area contributed by atoms with Gasteiger partial charge in [0.25, 0.3) is 6.43 Å². The standard InChI is InChI=1S/C21H21F4N5O3/c22-11-6-30(21-15(11)20(26)28-7-29-21)12-4-14(18(32)17(12)31)33-13-3-9(19(24)25)16(23)8-1-2-27-5-10(8)13/h3,6-7,12,14,17-19,27,31-32H,1-2,4-5H2,(H2,26,28,29)/t12-,14+,17+,18-/m1/s1. The predicted molar refractivity (Wildman–Crippen MR) is 109 cm³/mol. The molecule has 33 heavy (non-hydrogen) atoms. The first-order valence-corrected chi connectivity index (χ1v) is 10.4. The fourth-order valence-corrected chi connectivity index (χ4v) is 4.73. The maximum Gasteiger partial charge on any atom is 0.266 e. The van der Waals surface area contributed by atoms with Crippen LogP contribution >= 0.6 is 0 Å². The van der Waals surface area contributed by atoms with Crippen molar-refractivity contribution >= 4 is 16.9 Å². The summed E-state index contributed by atoms with van der Waals surface area (Å²) in [6, 6.07) is 0.104. The second-order valence-corrected chi connectivity index (χ2v) is 8.24. The second kappa shape index (κ2) is 8.12. The third kappa shape index (κ3) is 3.49. The highest BCUT2D eigenvalue weighted by Gasteiger charge is 2.45. The van der Waals surface area contributed by atoms with Crippen LogP contribution in [0, 0.1) is 11.6 Å². The Morgan fingerprint density at radius 2 is 1.97 bits per heavy atom. The van der Waals surface area contributed by atoms with Crippen LogP contribution in [-0.2, 0) is 13.0 Å². The summed E-state index contributed by atoms with van der Waals surface area (Å²) < 4.78 is 63.2. The molecule has 2 aliphatic rings. The number of hydrogen-bond donors (Lipinski definition) is 4. The van der Waals surface area contributed by atoms with E-state index < -0.39 is 48.0 Å². The van der Waals surface area contributed by atoms with Gasteiger partial charge in [0.1, 0.15) is 47.7 Å². The zero-order valence-corrected chi connectivity index (χ0v) is 17.2. The third-order valence-corrected chi connectivity index (χ3v) is 6.38. The molecule has 0 amide bonds. The van der Waals surface area contributed by atoms with Gasteiger partial charge in [0, 0.05) is 24.7 Å². The molecule has 1 aromatic carbocycles. The number of alkyl halides is 2. The molecular formula is C21H21F4N5O3. The van der Waals surface area contributed by atoms with Gasteiger partial charge in [0.2, 0.25) is 0 Å². The van der Waals surface area contributed by atoms with Gasteiger partial charge < -0.3 is 30.6 Å². The Labute approximate surface area is 185 Å². The smallest absolute Gasteiger partial charge is 0.266 e. The van der Waals surface area contributed by atoms with E-state index in [2.05, 4.69) is 15.3 Å². The minimum Gasteiger partial charge on any atom is -0.487 e. The normalized spacial score (nSPS) is 25.1. The molecule has 5 N–H and O–H groups in total. The maximum atomic E-state index is 14.6. The van der Waals surface area contributed by atoms with E-state index in [-0.39, 0.29) is 47.6 Å². The van der Waals surface area contributed by atoms with Crippen molar-refractivity contribution in [1.82, 2.24) is 19.9 Å². The minimum atomic E-state index is -3.04. The average Bonchev–Trinajstić information content (AvgIpc) is 3.27. The van der Waals surface area contributed by atoms with E-state index in [1.165, 1.54) is 4.57 Å². The number of aliphatic hydroxyl groups excluding tert-OH is 2. The van der Waals surface area contributed by atoms with Gasteiger partial charge in [-0.25, -0.2) is 27.5 Å².